The molecule has 0 fully saturated rings. The van der Waals surface area contributed by atoms with Crippen molar-refractivity contribution in [3.8, 4) is 11.1 Å². The number of benzene rings is 3. The summed E-state index contributed by atoms with van der Waals surface area (Å²) in [5, 5.41) is 11.5. The third-order valence-electron chi connectivity index (χ3n) is 8.26. The van der Waals surface area contributed by atoms with Crippen molar-refractivity contribution in [1.82, 2.24) is 4.98 Å². The second-order valence-electron chi connectivity index (χ2n) is 12.3. The standard InChI is InChI=1S/C35H36N2O5S2/c1-34(2,38)28-21-32(37-22-28)30(24-12-14-29(15-13-24)43(5,39)40)18-23-9-7-10-25(17-23)31-20-27(35(3,4)44(6,41)42)19-26-11-8-16-36-33(26)31/h7-20,22,38H,21H2,1-6H3/b30-18+. The van der Waals surface area contributed by atoms with Gasteiger partial charge in [-0.2, -0.15) is 0 Å². The fourth-order valence-electron chi connectivity index (χ4n) is 5.12. The number of rotatable bonds is 8. The zero-order valence-corrected chi connectivity index (χ0v) is 27.3. The normalized spacial score (nSPS) is 14.9. The van der Waals surface area contributed by atoms with Crippen molar-refractivity contribution in [2.24, 2.45) is 4.99 Å². The predicted octanol–water partition coefficient (Wildman–Crippen LogP) is 6.63. The van der Waals surface area contributed by atoms with Gasteiger partial charge in [-0.25, -0.2) is 16.8 Å². The monoisotopic (exact) mass is 628 g/mol. The van der Waals surface area contributed by atoms with Gasteiger partial charge in [0.15, 0.2) is 19.7 Å². The minimum absolute atomic E-state index is 0.225. The Kier molecular flexibility index (Phi) is 8.03. The van der Waals surface area contributed by atoms with Crippen molar-refractivity contribution in [2.45, 2.75) is 49.4 Å². The number of aliphatic hydroxyl groups is 1. The zero-order valence-electron chi connectivity index (χ0n) is 25.7. The molecule has 1 aliphatic rings. The van der Waals surface area contributed by atoms with Crippen LogP contribution in [0.4, 0.5) is 0 Å². The van der Waals surface area contributed by atoms with Gasteiger partial charge in [0.25, 0.3) is 0 Å². The largest absolute Gasteiger partial charge is 0.386 e. The van der Waals surface area contributed by atoms with E-state index in [9.17, 15) is 21.9 Å². The van der Waals surface area contributed by atoms with Crippen LogP contribution in [-0.4, -0.2) is 50.8 Å². The maximum atomic E-state index is 12.7. The number of allylic oxidation sites excluding steroid dienone is 1. The number of pyridine rings is 1. The number of fused-ring (bicyclic) bond motifs is 1. The highest BCUT2D eigenvalue weighted by Crippen LogP contribution is 2.37. The molecule has 5 rings (SSSR count). The maximum absolute atomic E-state index is 12.7. The maximum Gasteiger partial charge on any atom is 0.175 e. The van der Waals surface area contributed by atoms with Gasteiger partial charge in [-0.15, -0.1) is 0 Å². The molecule has 0 spiro atoms. The van der Waals surface area contributed by atoms with Crippen LogP contribution in [0.2, 0.25) is 0 Å². The number of aliphatic imine (C=N–C) groups is 1. The van der Waals surface area contributed by atoms with Gasteiger partial charge in [0.1, 0.15) is 0 Å². The lowest BCUT2D eigenvalue weighted by molar-refractivity contribution is 0.118. The van der Waals surface area contributed by atoms with Crippen molar-refractivity contribution < 1.29 is 21.9 Å². The van der Waals surface area contributed by atoms with E-state index in [1.165, 1.54) is 12.5 Å². The highest BCUT2D eigenvalue weighted by Gasteiger charge is 2.33. The van der Waals surface area contributed by atoms with Crippen LogP contribution in [-0.2, 0) is 24.4 Å². The van der Waals surface area contributed by atoms with Crippen LogP contribution in [0.1, 0.15) is 50.8 Å². The molecule has 1 N–H and O–H groups in total. The summed E-state index contributed by atoms with van der Waals surface area (Å²) in [5.74, 6) is 0. The fraction of sp³-hybridized carbons (Fsp3) is 0.257. The number of aromatic nitrogens is 1. The van der Waals surface area contributed by atoms with Gasteiger partial charge >= 0.3 is 0 Å². The Balaban J connectivity index is 1.65. The van der Waals surface area contributed by atoms with Gasteiger partial charge < -0.3 is 5.11 Å². The molecule has 228 valence electrons. The first-order valence-corrected chi connectivity index (χ1v) is 17.9. The number of hydrogen-bond acceptors (Lipinski definition) is 7. The topological polar surface area (TPSA) is 114 Å². The van der Waals surface area contributed by atoms with Gasteiger partial charge in [-0.1, -0.05) is 36.4 Å². The summed E-state index contributed by atoms with van der Waals surface area (Å²) in [7, 11) is -6.78. The van der Waals surface area contributed by atoms with E-state index in [1.807, 2.05) is 54.6 Å². The highest BCUT2D eigenvalue weighted by molar-refractivity contribution is 7.91. The number of nitrogens with zero attached hydrogens (tertiary/aromatic N) is 2. The number of hydrogen-bond donors (Lipinski definition) is 1. The Morgan fingerprint density at radius 3 is 2.20 bits per heavy atom. The fourth-order valence-corrected chi connectivity index (χ4v) is 6.29. The Labute approximate surface area is 259 Å². The van der Waals surface area contributed by atoms with Crippen LogP contribution in [0.15, 0.2) is 101 Å². The van der Waals surface area contributed by atoms with Crippen LogP contribution in [0, 0.1) is 0 Å². The second kappa shape index (κ2) is 11.2. The van der Waals surface area contributed by atoms with Gasteiger partial charge in [0.2, 0.25) is 0 Å². The molecule has 0 saturated heterocycles. The Hall–Kier alpha value is -3.92. The van der Waals surface area contributed by atoms with Crippen molar-refractivity contribution >= 4 is 47.9 Å². The van der Waals surface area contributed by atoms with Crippen molar-refractivity contribution in [2.75, 3.05) is 12.5 Å². The molecule has 0 saturated carbocycles. The molecule has 1 aromatic heterocycles. The van der Waals surface area contributed by atoms with E-state index in [1.54, 1.807) is 64.4 Å². The first kappa shape index (κ1) is 31.5. The molecule has 3 aromatic carbocycles. The van der Waals surface area contributed by atoms with E-state index in [0.717, 1.165) is 50.0 Å². The average Bonchev–Trinajstić information content (AvgIpc) is 3.45. The summed E-state index contributed by atoms with van der Waals surface area (Å²) in [6, 6.07) is 22.2. The van der Waals surface area contributed by atoms with E-state index in [4.69, 9.17) is 0 Å². The predicted molar refractivity (Wildman–Crippen MR) is 179 cm³/mol. The molecular formula is C35H36N2O5S2. The summed E-state index contributed by atoms with van der Waals surface area (Å²) in [4.78, 5) is 9.52. The van der Waals surface area contributed by atoms with E-state index < -0.39 is 30.0 Å². The molecule has 1 aliphatic heterocycles. The molecule has 9 heteroatoms. The Morgan fingerprint density at radius 1 is 0.886 bits per heavy atom. The molecule has 0 bridgehead atoms. The summed E-state index contributed by atoms with van der Waals surface area (Å²) in [6.07, 6.45) is 8.28. The van der Waals surface area contributed by atoms with Crippen LogP contribution in [0.3, 0.4) is 0 Å². The Bertz CT molecular complexity index is 2080. The lowest BCUT2D eigenvalue weighted by Crippen LogP contribution is -2.28. The SMILES string of the molecule is CC(C)(O)C1=CN=C(/C(=C/c2cccc(-c3cc(C(C)(C)S(C)(=O)=O)cc4cccnc34)c2)c2ccc(S(C)(=O)=O)cc2)C1. The second-order valence-corrected chi connectivity index (χ2v) is 16.9. The minimum atomic E-state index is -3.42. The molecule has 0 atom stereocenters. The lowest BCUT2D eigenvalue weighted by atomic mass is 9.90. The molecule has 0 unspecified atom stereocenters. The smallest absolute Gasteiger partial charge is 0.175 e. The third-order valence-corrected chi connectivity index (χ3v) is 11.5. The van der Waals surface area contributed by atoms with Crippen molar-refractivity contribution in [3.05, 3.63) is 107 Å². The first-order chi connectivity index (χ1) is 20.4. The summed E-state index contributed by atoms with van der Waals surface area (Å²) in [5.41, 5.74) is 6.06. The summed E-state index contributed by atoms with van der Waals surface area (Å²) >= 11 is 0. The van der Waals surface area contributed by atoms with E-state index in [-0.39, 0.29) is 4.90 Å². The quantitative estimate of drug-likeness (QED) is 0.219. The van der Waals surface area contributed by atoms with Crippen LogP contribution in [0.25, 0.3) is 33.7 Å². The van der Waals surface area contributed by atoms with Crippen molar-refractivity contribution in [3.63, 3.8) is 0 Å². The Morgan fingerprint density at radius 2 is 1.59 bits per heavy atom. The van der Waals surface area contributed by atoms with Gasteiger partial charge in [0.05, 0.1) is 26.5 Å². The average molecular weight is 629 g/mol. The van der Waals surface area contributed by atoms with E-state index in [0.29, 0.717) is 12.0 Å². The van der Waals surface area contributed by atoms with Gasteiger partial charge in [-0.05, 0) is 98.0 Å². The molecule has 2 heterocycles. The lowest BCUT2D eigenvalue weighted by Gasteiger charge is -2.24. The van der Waals surface area contributed by atoms with Gasteiger partial charge in [-0.3, -0.25) is 9.98 Å². The molecule has 4 aromatic rings. The summed E-state index contributed by atoms with van der Waals surface area (Å²) < 4.78 is 48.6. The molecule has 0 radical (unpaired) electrons. The molecule has 0 amide bonds. The van der Waals surface area contributed by atoms with Crippen molar-refractivity contribution in [1.29, 1.82) is 0 Å². The molecule has 7 nitrogen and oxygen atoms in total. The van der Waals surface area contributed by atoms with Crippen LogP contribution < -0.4 is 0 Å². The van der Waals surface area contributed by atoms with E-state index in [2.05, 4.69) is 9.98 Å². The third kappa shape index (κ3) is 6.31. The highest BCUT2D eigenvalue weighted by atomic mass is 32.2. The summed E-state index contributed by atoms with van der Waals surface area (Å²) in [6.45, 7) is 6.87. The molecule has 0 aliphatic carbocycles. The van der Waals surface area contributed by atoms with Crippen LogP contribution >= 0.6 is 0 Å². The molecule has 44 heavy (non-hydrogen) atoms. The minimum Gasteiger partial charge on any atom is -0.386 e. The molecular weight excluding hydrogens is 593 g/mol. The zero-order chi connectivity index (χ0) is 32.1. The first-order valence-electron chi connectivity index (χ1n) is 14.2. The van der Waals surface area contributed by atoms with Crippen LogP contribution in [0.5, 0.6) is 0 Å². The van der Waals surface area contributed by atoms with E-state index >= 15 is 0 Å². The van der Waals surface area contributed by atoms with Gasteiger partial charge in [0, 0.05) is 47.9 Å². The number of sulfone groups is 2.